The van der Waals surface area contributed by atoms with E-state index in [-0.39, 0.29) is 18.6 Å². The molecule has 0 aliphatic carbocycles. The van der Waals surface area contributed by atoms with Gasteiger partial charge in [-0.3, -0.25) is 4.79 Å². The van der Waals surface area contributed by atoms with E-state index < -0.39 is 0 Å². The minimum atomic E-state index is -0.104. The Bertz CT molecular complexity index is 1010. The minimum Gasteiger partial charge on any atom is -0.454 e. The number of hydrogen-bond acceptors (Lipinski definition) is 7. The van der Waals surface area contributed by atoms with Crippen LogP contribution in [0.2, 0.25) is 0 Å². The number of carbonyl (C=O) groups is 1. The molecule has 3 aromatic rings. The van der Waals surface area contributed by atoms with E-state index in [1.807, 2.05) is 41.8 Å². The number of benzene rings is 1. The topological polar surface area (TPSA) is 76.6 Å². The fourth-order valence-corrected chi connectivity index (χ4v) is 4.36. The molecule has 7 nitrogen and oxygen atoms in total. The van der Waals surface area contributed by atoms with E-state index in [0.29, 0.717) is 18.0 Å². The number of rotatable bonds is 4. The fraction of sp³-hybridized carbons (Fsp3) is 0.286. The molecule has 0 saturated carbocycles. The van der Waals surface area contributed by atoms with Crippen LogP contribution in [0.4, 0.5) is 11.5 Å². The molecule has 2 aromatic heterocycles. The first-order valence-corrected chi connectivity index (χ1v) is 10.5. The molecule has 5 rings (SSSR count). The van der Waals surface area contributed by atoms with Gasteiger partial charge >= 0.3 is 0 Å². The third-order valence-corrected chi connectivity index (χ3v) is 6.07. The first-order chi connectivity index (χ1) is 14.3. The number of nitrogens with zero attached hydrogens (tertiary/aromatic N) is 3. The number of ether oxygens (including phenoxy) is 2. The predicted octanol–water partition coefficient (Wildman–Crippen LogP) is 3.79. The van der Waals surface area contributed by atoms with E-state index in [0.717, 1.165) is 41.5 Å². The summed E-state index contributed by atoms with van der Waals surface area (Å²) in [6.45, 7) is 1.72. The predicted molar refractivity (Wildman–Crippen MR) is 111 cm³/mol. The number of anilines is 2. The number of hydrogen-bond donors (Lipinski definition) is 1. The molecule has 1 saturated heterocycles. The Kier molecular flexibility index (Phi) is 4.77. The molecule has 4 heterocycles. The van der Waals surface area contributed by atoms with Gasteiger partial charge in [0.05, 0.1) is 10.8 Å². The zero-order valence-corrected chi connectivity index (χ0v) is 16.5. The van der Waals surface area contributed by atoms with Gasteiger partial charge in [-0.1, -0.05) is 6.07 Å². The largest absolute Gasteiger partial charge is 0.454 e. The number of nitrogens with one attached hydrogen (secondary N) is 1. The van der Waals surface area contributed by atoms with Gasteiger partial charge in [0.2, 0.25) is 12.7 Å². The molecular formula is C21H20N4O3S. The van der Waals surface area contributed by atoms with Crippen molar-refractivity contribution in [3.63, 3.8) is 0 Å². The highest BCUT2D eigenvalue weighted by Crippen LogP contribution is 2.34. The van der Waals surface area contributed by atoms with Crippen LogP contribution in [-0.2, 0) is 4.79 Å². The van der Waals surface area contributed by atoms with Gasteiger partial charge in [0.15, 0.2) is 17.3 Å². The lowest BCUT2D eigenvalue weighted by Gasteiger charge is -2.32. The number of piperidine rings is 1. The third-order valence-electron chi connectivity index (χ3n) is 5.18. The standard InChI is InChI=1S/C21H20N4O3S/c26-21(22-15-5-7-17-18(11-15)28-13-27-17)14-3-1-9-25(12-14)20-8-6-16(23-24-20)19-4-2-10-29-19/h2,4-8,10-11,14H,1,3,9,12-13H2,(H,22,26). The zero-order valence-electron chi connectivity index (χ0n) is 15.7. The van der Waals surface area contributed by atoms with Crippen molar-refractivity contribution in [2.75, 3.05) is 30.1 Å². The first-order valence-electron chi connectivity index (χ1n) is 9.59. The highest BCUT2D eigenvalue weighted by Gasteiger charge is 2.27. The van der Waals surface area contributed by atoms with E-state index in [4.69, 9.17) is 9.47 Å². The van der Waals surface area contributed by atoms with Crippen molar-refractivity contribution in [2.45, 2.75) is 12.8 Å². The fourth-order valence-electron chi connectivity index (χ4n) is 3.67. The van der Waals surface area contributed by atoms with Crippen molar-refractivity contribution in [2.24, 2.45) is 5.92 Å². The van der Waals surface area contributed by atoms with Gasteiger partial charge in [0.25, 0.3) is 0 Å². The minimum absolute atomic E-state index is 0.0109. The van der Waals surface area contributed by atoms with Crippen LogP contribution in [0.25, 0.3) is 10.6 Å². The molecule has 2 aliphatic rings. The second kappa shape index (κ2) is 7.71. The summed E-state index contributed by atoms with van der Waals surface area (Å²) in [6, 6.07) is 13.5. The van der Waals surface area contributed by atoms with Gasteiger partial charge in [-0.15, -0.1) is 21.5 Å². The first kappa shape index (κ1) is 17.9. The molecule has 1 amide bonds. The maximum atomic E-state index is 12.8. The van der Waals surface area contributed by atoms with Crippen LogP contribution in [0.3, 0.4) is 0 Å². The lowest BCUT2D eigenvalue weighted by Crippen LogP contribution is -2.41. The van der Waals surface area contributed by atoms with Crippen molar-refractivity contribution in [3.8, 4) is 22.1 Å². The van der Waals surface area contributed by atoms with Crippen molar-refractivity contribution < 1.29 is 14.3 Å². The molecule has 0 spiro atoms. The molecule has 0 radical (unpaired) electrons. The van der Waals surface area contributed by atoms with Crippen LogP contribution >= 0.6 is 11.3 Å². The number of thiophene rings is 1. The Balaban J connectivity index is 1.25. The van der Waals surface area contributed by atoms with E-state index in [1.54, 1.807) is 17.4 Å². The Morgan fingerprint density at radius 1 is 1.14 bits per heavy atom. The van der Waals surface area contributed by atoms with Gasteiger partial charge in [0.1, 0.15) is 5.69 Å². The Morgan fingerprint density at radius 3 is 2.90 bits per heavy atom. The molecule has 1 fully saturated rings. The number of fused-ring (bicyclic) bond motifs is 1. The lowest BCUT2D eigenvalue weighted by atomic mass is 9.97. The summed E-state index contributed by atoms with van der Waals surface area (Å²) >= 11 is 1.64. The Labute approximate surface area is 172 Å². The van der Waals surface area contributed by atoms with E-state index in [2.05, 4.69) is 20.4 Å². The highest BCUT2D eigenvalue weighted by molar-refractivity contribution is 7.13. The van der Waals surface area contributed by atoms with E-state index in [9.17, 15) is 4.79 Å². The molecule has 1 atom stereocenters. The highest BCUT2D eigenvalue weighted by atomic mass is 32.1. The SMILES string of the molecule is O=C(Nc1ccc2c(c1)OCO2)C1CCCN(c2ccc(-c3cccs3)nn2)C1. The van der Waals surface area contributed by atoms with E-state index >= 15 is 0 Å². The number of carbonyl (C=O) groups excluding carboxylic acids is 1. The van der Waals surface area contributed by atoms with Gasteiger partial charge < -0.3 is 19.7 Å². The molecule has 2 aliphatic heterocycles. The summed E-state index contributed by atoms with van der Waals surface area (Å²) in [7, 11) is 0. The van der Waals surface area contributed by atoms with Gasteiger partial charge in [-0.25, -0.2) is 0 Å². The Hall–Kier alpha value is -3.13. The van der Waals surface area contributed by atoms with Crippen LogP contribution in [0.5, 0.6) is 11.5 Å². The van der Waals surface area contributed by atoms with Gasteiger partial charge in [-0.05, 0) is 48.6 Å². The van der Waals surface area contributed by atoms with Gasteiger partial charge in [-0.2, -0.15) is 0 Å². The average Bonchev–Trinajstić information content (AvgIpc) is 3.46. The average molecular weight is 408 g/mol. The summed E-state index contributed by atoms with van der Waals surface area (Å²) in [5.41, 5.74) is 1.59. The van der Waals surface area contributed by atoms with Crippen LogP contribution in [-0.4, -0.2) is 36.0 Å². The number of aromatic nitrogens is 2. The number of amides is 1. The Morgan fingerprint density at radius 2 is 2.07 bits per heavy atom. The van der Waals surface area contributed by atoms with Gasteiger partial charge in [0, 0.05) is 24.8 Å². The van der Waals surface area contributed by atoms with E-state index in [1.165, 1.54) is 0 Å². The molecule has 1 aromatic carbocycles. The van der Waals surface area contributed by atoms with Crippen molar-refractivity contribution in [1.82, 2.24) is 10.2 Å². The maximum Gasteiger partial charge on any atom is 0.231 e. The molecule has 0 bridgehead atoms. The summed E-state index contributed by atoms with van der Waals surface area (Å²) in [6.07, 6.45) is 1.79. The summed E-state index contributed by atoms with van der Waals surface area (Å²) in [4.78, 5) is 16.0. The van der Waals surface area contributed by atoms with Crippen molar-refractivity contribution in [1.29, 1.82) is 0 Å². The van der Waals surface area contributed by atoms with Crippen LogP contribution < -0.4 is 19.7 Å². The maximum absolute atomic E-state index is 12.8. The molecule has 1 N–H and O–H groups in total. The van der Waals surface area contributed by atoms with Crippen molar-refractivity contribution >= 4 is 28.7 Å². The van der Waals surface area contributed by atoms with Crippen LogP contribution in [0.15, 0.2) is 47.8 Å². The second-order valence-electron chi connectivity index (χ2n) is 7.10. The van der Waals surface area contributed by atoms with Crippen molar-refractivity contribution in [3.05, 3.63) is 47.8 Å². The quantitative estimate of drug-likeness (QED) is 0.708. The summed E-state index contributed by atoms with van der Waals surface area (Å²) < 4.78 is 10.7. The zero-order chi connectivity index (χ0) is 19.6. The summed E-state index contributed by atoms with van der Waals surface area (Å²) in [5, 5.41) is 13.8. The molecular weight excluding hydrogens is 388 g/mol. The van der Waals surface area contributed by atoms with Crippen LogP contribution in [0.1, 0.15) is 12.8 Å². The molecule has 8 heteroatoms. The normalized spacial score (nSPS) is 17.9. The molecule has 148 valence electrons. The second-order valence-corrected chi connectivity index (χ2v) is 8.04. The molecule has 1 unspecified atom stereocenters. The third kappa shape index (κ3) is 3.75. The van der Waals surface area contributed by atoms with Crippen LogP contribution in [0, 0.1) is 5.92 Å². The smallest absolute Gasteiger partial charge is 0.231 e. The molecule has 29 heavy (non-hydrogen) atoms. The lowest BCUT2D eigenvalue weighted by molar-refractivity contribution is -0.120. The summed E-state index contributed by atoms with van der Waals surface area (Å²) in [5.74, 6) is 2.08. The monoisotopic (exact) mass is 408 g/mol.